The molecule has 0 radical (unpaired) electrons. The van der Waals surface area contributed by atoms with E-state index in [1.165, 1.54) is 23.5 Å². The van der Waals surface area contributed by atoms with Crippen molar-refractivity contribution in [2.45, 2.75) is 18.7 Å². The van der Waals surface area contributed by atoms with Crippen molar-refractivity contribution in [2.24, 2.45) is 0 Å². The van der Waals surface area contributed by atoms with E-state index in [1.54, 1.807) is 19.9 Å². The Morgan fingerprint density at radius 3 is 2.42 bits per heavy atom. The molecule has 0 saturated carbocycles. The van der Waals surface area contributed by atoms with Gasteiger partial charge in [0.1, 0.15) is 16.5 Å². The minimum Gasteiger partial charge on any atom is -0.495 e. The molecular formula is C16H22ClFN2O3S. The molecule has 1 aliphatic rings. The van der Waals surface area contributed by atoms with E-state index in [0.29, 0.717) is 36.8 Å². The van der Waals surface area contributed by atoms with Crippen LogP contribution in [-0.4, -0.2) is 57.5 Å². The molecule has 1 fully saturated rings. The summed E-state index contributed by atoms with van der Waals surface area (Å²) in [6, 6.07) is 4.51. The van der Waals surface area contributed by atoms with Gasteiger partial charge in [-0.05, 0) is 37.6 Å². The van der Waals surface area contributed by atoms with Crippen molar-refractivity contribution in [3.05, 3.63) is 34.6 Å². The van der Waals surface area contributed by atoms with Gasteiger partial charge in [0.15, 0.2) is 0 Å². The fourth-order valence-electron chi connectivity index (χ4n) is 2.47. The Labute approximate surface area is 147 Å². The maximum absolute atomic E-state index is 13.7. The number of nitrogens with zero attached hydrogens (tertiary/aromatic N) is 2. The quantitative estimate of drug-likeness (QED) is 0.792. The Hall–Kier alpha value is -1.15. The zero-order valence-corrected chi connectivity index (χ0v) is 15.6. The van der Waals surface area contributed by atoms with Crippen LogP contribution in [0, 0.1) is 0 Å². The van der Waals surface area contributed by atoms with E-state index in [2.05, 4.69) is 0 Å². The Morgan fingerprint density at radius 1 is 1.25 bits per heavy atom. The van der Waals surface area contributed by atoms with Crippen LogP contribution < -0.4 is 4.74 Å². The summed E-state index contributed by atoms with van der Waals surface area (Å²) in [5.41, 5.74) is 0.647. The fourth-order valence-corrected chi connectivity index (χ4v) is 4.31. The third-order valence-electron chi connectivity index (χ3n) is 3.98. The summed E-state index contributed by atoms with van der Waals surface area (Å²) in [6.45, 7) is 5.22. The van der Waals surface area contributed by atoms with Crippen LogP contribution in [0.2, 0.25) is 5.02 Å². The molecule has 1 heterocycles. The summed E-state index contributed by atoms with van der Waals surface area (Å²) in [6.07, 6.45) is 0. The van der Waals surface area contributed by atoms with Gasteiger partial charge in [-0.3, -0.25) is 4.90 Å². The smallest absolute Gasteiger partial charge is 0.246 e. The molecule has 1 aliphatic heterocycles. The van der Waals surface area contributed by atoms with Crippen molar-refractivity contribution in [1.29, 1.82) is 0 Å². The lowest BCUT2D eigenvalue weighted by atomic mass is 10.2. The molecule has 0 N–H and O–H groups in total. The second kappa shape index (κ2) is 7.82. The molecule has 0 aliphatic carbocycles. The number of methoxy groups -OCH3 is 1. The average Bonchev–Trinajstić information content (AvgIpc) is 2.55. The molecule has 0 bridgehead atoms. The summed E-state index contributed by atoms with van der Waals surface area (Å²) in [5, 5.41) is 0.332. The molecule has 0 amide bonds. The number of halogens is 2. The van der Waals surface area contributed by atoms with Gasteiger partial charge in [-0.25, -0.2) is 12.8 Å². The Bertz CT molecular complexity index is 725. The van der Waals surface area contributed by atoms with Crippen LogP contribution in [0.3, 0.4) is 0 Å². The first-order valence-corrected chi connectivity index (χ1v) is 9.45. The second-order valence-corrected chi connectivity index (χ2v) is 8.22. The lowest BCUT2D eigenvalue weighted by molar-refractivity contribution is 0.191. The number of hydrogen-bond donors (Lipinski definition) is 0. The second-order valence-electron chi connectivity index (χ2n) is 5.88. The number of piperazine rings is 1. The first-order valence-electron chi connectivity index (χ1n) is 7.63. The fraction of sp³-hybridized carbons (Fsp3) is 0.500. The number of ether oxygens (including phenoxy) is 1. The van der Waals surface area contributed by atoms with Crippen LogP contribution in [0.1, 0.15) is 13.8 Å². The van der Waals surface area contributed by atoms with Gasteiger partial charge in [-0.15, -0.1) is 0 Å². The van der Waals surface area contributed by atoms with E-state index in [1.807, 2.05) is 4.90 Å². The standard InChI is InChI=1S/C16H22ClFN2O3S/c1-12(2)14(18)11-19-6-8-20(9-7-19)24(21,22)16-10-13(17)4-5-15(16)23-3/h4-5,10H,6-9,11H2,1-3H3. The first-order chi connectivity index (χ1) is 11.3. The van der Waals surface area contributed by atoms with Crippen molar-refractivity contribution in [2.75, 3.05) is 39.8 Å². The third kappa shape index (κ3) is 4.27. The summed E-state index contributed by atoms with van der Waals surface area (Å²) >= 11 is 5.94. The molecule has 2 rings (SSSR count). The summed E-state index contributed by atoms with van der Waals surface area (Å²) in [4.78, 5) is 1.96. The van der Waals surface area contributed by atoms with Gasteiger partial charge in [0.2, 0.25) is 10.0 Å². The van der Waals surface area contributed by atoms with Gasteiger partial charge >= 0.3 is 0 Å². The van der Waals surface area contributed by atoms with Crippen LogP contribution in [0.4, 0.5) is 4.39 Å². The molecule has 0 aromatic heterocycles. The first kappa shape index (κ1) is 19.2. The lowest BCUT2D eigenvalue weighted by Gasteiger charge is -2.33. The molecule has 1 aromatic rings. The Morgan fingerprint density at radius 2 is 1.88 bits per heavy atom. The molecule has 24 heavy (non-hydrogen) atoms. The van der Waals surface area contributed by atoms with Crippen LogP contribution in [0.25, 0.3) is 0 Å². The highest BCUT2D eigenvalue weighted by Gasteiger charge is 2.31. The maximum Gasteiger partial charge on any atom is 0.246 e. The van der Waals surface area contributed by atoms with Crippen LogP contribution in [0.5, 0.6) is 5.75 Å². The van der Waals surface area contributed by atoms with Gasteiger partial charge in [0, 0.05) is 31.2 Å². The topological polar surface area (TPSA) is 49.9 Å². The van der Waals surface area contributed by atoms with E-state index >= 15 is 0 Å². The van der Waals surface area contributed by atoms with E-state index in [-0.39, 0.29) is 23.0 Å². The van der Waals surface area contributed by atoms with Gasteiger partial charge in [0.05, 0.1) is 13.7 Å². The van der Waals surface area contributed by atoms with Gasteiger partial charge in [-0.1, -0.05) is 11.6 Å². The van der Waals surface area contributed by atoms with Crippen LogP contribution in [-0.2, 0) is 10.0 Å². The minimum atomic E-state index is -3.70. The summed E-state index contributed by atoms with van der Waals surface area (Å²) in [5.74, 6) is 0.0974. The molecule has 134 valence electrons. The Balaban J connectivity index is 2.13. The van der Waals surface area contributed by atoms with Gasteiger partial charge < -0.3 is 4.74 Å². The lowest BCUT2D eigenvalue weighted by Crippen LogP contribution is -2.48. The highest BCUT2D eigenvalue weighted by atomic mass is 35.5. The van der Waals surface area contributed by atoms with Crippen molar-refractivity contribution in [3.63, 3.8) is 0 Å². The average molecular weight is 377 g/mol. The summed E-state index contributed by atoms with van der Waals surface area (Å²) in [7, 11) is -2.29. The SMILES string of the molecule is COc1ccc(Cl)cc1S(=O)(=O)N1CCN(CC(F)=C(C)C)CC1. The molecule has 1 saturated heterocycles. The predicted octanol–water partition coefficient (Wildman–Crippen LogP) is 2.92. The number of hydrogen-bond acceptors (Lipinski definition) is 4. The molecule has 5 nitrogen and oxygen atoms in total. The molecule has 8 heteroatoms. The molecule has 0 spiro atoms. The maximum atomic E-state index is 13.7. The van der Waals surface area contributed by atoms with Crippen LogP contribution in [0.15, 0.2) is 34.5 Å². The van der Waals surface area contributed by atoms with Crippen molar-refractivity contribution in [1.82, 2.24) is 9.21 Å². The molecule has 1 aromatic carbocycles. The predicted molar refractivity (Wildman–Crippen MR) is 92.7 cm³/mol. The van der Waals surface area contributed by atoms with Crippen molar-refractivity contribution < 1.29 is 17.5 Å². The Kier molecular flexibility index (Phi) is 6.25. The van der Waals surface area contributed by atoms with Crippen molar-refractivity contribution in [3.8, 4) is 5.75 Å². The zero-order chi connectivity index (χ0) is 17.9. The van der Waals surface area contributed by atoms with E-state index in [0.717, 1.165) is 0 Å². The largest absolute Gasteiger partial charge is 0.495 e. The molecular weight excluding hydrogens is 355 g/mol. The minimum absolute atomic E-state index is 0.0569. The number of rotatable bonds is 5. The number of benzene rings is 1. The van der Waals surface area contributed by atoms with E-state index in [4.69, 9.17) is 16.3 Å². The monoisotopic (exact) mass is 376 g/mol. The zero-order valence-electron chi connectivity index (χ0n) is 14.1. The van der Waals surface area contributed by atoms with Gasteiger partial charge in [-0.2, -0.15) is 4.31 Å². The van der Waals surface area contributed by atoms with E-state index < -0.39 is 10.0 Å². The van der Waals surface area contributed by atoms with Crippen molar-refractivity contribution >= 4 is 21.6 Å². The highest BCUT2D eigenvalue weighted by Crippen LogP contribution is 2.30. The summed E-state index contributed by atoms with van der Waals surface area (Å²) < 4.78 is 45.9. The van der Waals surface area contributed by atoms with Crippen LogP contribution >= 0.6 is 11.6 Å². The number of sulfonamides is 1. The van der Waals surface area contributed by atoms with Gasteiger partial charge in [0.25, 0.3) is 0 Å². The number of allylic oxidation sites excluding steroid dienone is 1. The highest BCUT2D eigenvalue weighted by molar-refractivity contribution is 7.89. The molecule has 0 unspecified atom stereocenters. The van der Waals surface area contributed by atoms with E-state index in [9.17, 15) is 12.8 Å². The normalized spacial score (nSPS) is 16.9. The third-order valence-corrected chi connectivity index (χ3v) is 6.13. The molecule has 0 atom stereocenters.